The molecule has 1 saturated carbocycles. The number of carboxylic acid groups (broad SMARTS) is 1. The van der Waals surface area contributed by atoms with Crippen LogP contribution in [-0.4, -0.2) is 22.0 Å². The molecule has 0 radical (unpaired) electrons. The summed E-state index contributed by atoms with van der Waals surface area (Å²) in [6, 6.07) is 2.98. The van der Waals surface area contributed by atoms with Gasteiger partial charge >= 0.3 is 5.97 Å². The third kappa shape index (κ3) is 3.30. The molecule has 102 valence electrons. The van der Waals surface area contributed by atoms with E-state index in [1.807, 2.05) is 0 Å². The molecule has 0 aromatic carbocycles. The smallest absolute Gasteiger partial charge is 0.339 e. The minimum Gasteiger partial charge on any atom is -0.478 e. The van der Waals surface area contributed by atoms with E-state index in [-0.39, 0.29) is 23.2 Å². The van der Waals surface area contributed by atoms with Gasteiger partial charge in [0.1, 0.15) is 11.4 Å². The van der Waals surface area contributed by atoms with Crippen LogP contribution in [0, 0.1) is 11.8 Å². The number of amides is 1. The Hall–Kier alpha value is -1.91. The number of nitrogens with one attached hydrogen (secondary N) is 1. The van der Waals surface area contributed by atoms with Gasteiger partial charge in [0.25, 0.3) is 0 Å². The predicted octanol–water partition coefficient (Wildman–Crippen LogP) is 2.54. The number of anilines is 1. The zero-order valence-electron chi connectivity index (χ0n) is 10.9. The number of nitrogens with zero attached hydrogens (tertiary/aromatic N) is 1. The molecule has 1 fully saturated rings. The second-order valence-corrected chi connectivity index (χ2v) is 5.15. The summed E-state index contributed by atoms with van der Waals surface area (Å²) in [5.41, 5.74) is 0.0278. The lowest BCUT2D eigenvalue weighted by atomic mass is 9.82. The average Bonchev–Trinajstić information content (AvgIpc) is 2.39. The van der Waals surface area contributed by atoms with Crippen molar-refractivity contribution in [1.29, 1.82) is 0 Å². The van der Waals surface area contributed by atoms with Gasteiger partial charge < -0.3 is 10.4 Å². The Morgan fingerprint density at radius 2 is 2.00 bits per heavy atom. The monoisotopic (exact) mass is 262 g/mol. The van der Waals surface area contributed by atoms with Crippen LogP contribution < -0.4 is 5.32 Å². The lowest BCUT2D eigenvalue weighted by Gasteiger charge is -2.25. The number of carboxylic acids is 1. The maximum Gasteiger partial charge on any atom is 0.339 e. The lowest BCUT2D eigenvalue weighted by Crippen LogP contribution is -2.27. The maximum absolute atomic E-state index is 12.1. The zero-order valence-corrected chi connectivity index (χ0v) is 10.9. The molecule has 1 aliphatic carbocycles. The molecular weight excluding hydrogens is 244 g/mol. The highest BCUT2D eigenvalue weighted by molar-refractivity contribution is 5.99. The molecular formula is C14H18N2O3. The molecule has 19 heavy (non-hydrogen) atoms. The van der Waals surface area contributed by atoms with E-state index < -0.39 is 5.97 Å². The number of pyridine rings is 1. The Morgan fingerprint density at radius 3 is 2.63 bits per heavy atom. The highest BCUT2D eigenvalue weighted by Crippen LogP contribution is 2.29. The number of hydrogen-bond acceptors (Lipinski definition) is 3. The van der Waals surface area contributed by atoms with E-state index >= 15 is 0 Å². The van der Waals surface area contributed by atoms with E-state index in [0.717, 1.165) is 25.7 Å². The summed E-state index contributed by atoms with van der Waals surface area (Å²) in [6.45, 7) is 2.19. The molecule has 1 amide bonds. The standard InChI is InChI=1S/C14H18N2O3/c1-9-4-6-10(7-5-9)13(17)16-12-11(14(18)19)3-2-8-15-12/h2-3,8-10H,4-7H2,1H3,(H,18,19)(H,15,16,17). The number of carbonyl (C=O) groups excluding carboxylic acids is 1. The van der Waals surface area contributed by atoms with Crippen molar-refractivity contribution in [2.24, 2.45) is 11.8 Å². The van der Waals surface area contributed by atoms with Gasteiger partial charge in [-0.3, -0.25) is 4.79 Å². The summed E-state index contributed by atoms with van der Waals surface area (Å²) in [7, 11) is 0. The molecule has 0 atom stereocenters. The van der Waals surface area contributed by atoms with E-state index in [2.05, 4.69) is 17.2 Å². The maximum atomic E-state index is 12.1. The number of carbonyl (C=O) groups is 2. The van der Waals surface area contributed by atoms with Gasteiger partial charge in [0.15, 0.2) is 0 Å². The van der Waals surface area contributed by atoms with E-state index in [1.54, 1.807) is 6.07 Å². The van der Waals surface area contributed by atoms with Crippen LogP contribution in [-0.2, 0) is 4.79 Å². The van der Waals surface area contributed by atoms with Crippen molar-refractivity contribution in [3.05, 3.63) is 23.9 Å². The quantitative estimate of drug-likeness (QED) is 0.877. The molecule has 0 spiro atoms. The molecule has 0 saturated heterocycles. The molecule has 1 heterocycles. The highest BCUT2D eigenvalue weighted by atomic mass is 16.4. The third-order valence-electron chi connectivity index (χ3n) is 3.67. The van der Waals surface area contributed by atoms with Crippen LogP contribution in [0.15, 0.2) is 18.3 Å². The molecule has 2 N–H and O–H groups in total. The van der Waals surface area contributed by atoms with E-state index in [0.29, 0.717) is 5.92 Å². The second-order valence-electron chi connectivity index (χ2n) is 5.15. The van der Waals surface area contributed by atoms with Crippen LogP contribution in [0.4, 0.5) is 5.82 Å². The van der Waals surface area contributed by atoms with Crippen molar-refractivity contribution in [2.45, 2.75) is 32.6 Å². The molecule has 5 heteroatoms. The molecule has 1 aliphatic rings. The fourth-order valence-electron chi connectivity index (χ4n) is 2.42. The summed E-state index contributed by atoms with van der Waals surface area (Å²) in [4.78, 5) is 27.1. The minimum atomic E-state index is -1.08. The lowest BCUT2D eigenvalue weighted by molar-refractivity contribution is -0.121. The first-order chi connectivity index (χ1) is 9.08. The number of rotatable bonds is 3. The van der Waals surface area contributed by atoms with Gasteiger partial charge in [-0.15, -0.1) is 0 Å². The average molecular weight is 262 g/mol. The van der Waals surface area contributed by atoms with Gasteiger partial charge in [-0.25, -0.2) is 9.78 Å². The zero-order chi connectivity index (χ0) is 13.8. The molecule has 0 bridgehead atoms. The van der Waals surface area contributed by atoms with Crippen molar-refractivity contribution >= 4 is 17.7 Å². The minimum absolute atomic E-state index is 0.0278. The van der Waals surface area contributed by atoms with Crippen LogP contribution in [0.25, 0.3) is 0 Å². The Labute approximate surface area is 112 Å². The molecule has 0 unspecified atom stereocenters. The third-order valence-corrected chi connectivity index (χ3v) is 3.67. The van der Waals surface area contributed by atoms with Crippen LogP contribution in [0.5, 0.6) is 0 Å². The second kappa shape index (κ2) is 5.82. The summed E-state index contributed by atoms with van der Waals surface area (Å²) in [6.07, 6.45) is 5.30. The Morgan fingerprint density at radius 1 is 1.32 bits per heavy atom. The van der Waals surface area contributed by atoms with Crippen LogP contribution in [0.2, 0.25) is 0 Å². The first-order valence-electron chi connectivity index (χ1n) is 6.57. The van der Waals surface area contributed by atoms with Crippen molar-refractivity contribution in [2.75, 3.05) is 5.32 Å². The summed E-state index contributed by atoms with van der Waals surface area (Å²) in [5, 5.41) is 11.7. The molecule has 1 aromatic heterocycles. The van der Waals surface area contributed by atoms with Crippen molar-refractivity contribution < 1.29 is 14.7 Å². The summed E-state index contributed by atoms with van der Waals surface area (Å²) >= 11 is 0. The molecule has 5 nitrogen and oxygen atoms in total. The molecule has 0 aliphatic heterocycles. The molecule has 1 aromatic rings. The molecule has 2 rings (SSSR count). The van der Waals surface area contributed by atoms with Crippen molar-refractivity contribution in [3.63, 3.8) is 0 Å². The predicted molar refractivity (Wildman–Crippen MR) is 70.9 cm³/mol. The van der Waals surface area contributed by atoms with Gasteiger partial charge in [0, 0.05) is 12.1 Å². The van der Waals surface area contributed by atoms with Crippen molar-refractivity contribution in [3.8, 4) is 0 Å². The first-order valence-corrected chi connectivity index (χ1v) is 6.57. The largest absolute Gasteiger partial charge is 0.478 e. The van der Waals surface area contributed by atoms with E-state index in [1.165, 1.54) is 12.3 Å². The Bertz CT molecular complexity index is 479. The Kier molecular flexibility index (Phi) is 4.14. The van der Waals surface area contributed by atoms with E-state index in [4.69, 9.17) is 5.11 Å². The Balaban J connectivity index is 2.05. The van der Waals surface area contributed by atoms with Gasteiger partial charge in [-0.1, -0.05) is 6.92 Å². The van der Waals surface area contributed by atoms with Crippen LogP contribution in [0.3, 0.4) is 0 Å². The number of hydrogen-bond donors (Lipinski definition) is 2. The fourth-order valence-corrected chi connectivity index (χ4v) is 2.42. The fraction of sp³-hybridized carbons (Fsp3) is 0.500. The topological polar surface area (TPSA) is 79.3 Å². The normalized spacial score (nSPS) is 22.8. The number of aromatic carboxylic acids is 1. The highest BCUT2D eigenvalue weighted by Gasteiger charge is 2.25. The van der Waals surface area contributed by atoms with Gasteiger partial charge in [0.05, 0.1) is 0 Å². The SMILES string of the molecule is CC1CCC(C(=O)Nc2ncccc2C(=O)O)CC1. The summed E-state index contributed by atoms with van der Waals surface area (Å²) in [5.74, 6) is -0.416. The van der Waals surface area contributed by atoms with E-state index in [9.17, 15) is 9.59 Å². The first kappa shape index (κ1) is 13.5. The number of aromatic nitrogens is 1. The van der Waals surface area contributed by atoms with Crippen molar-refractivity contribution in [1.82, 2.24) is 4.98 Å². The van der Waals surface area contributed by atoms with Gasteiger partial charge in [0.2, 0.25) is 5.91 Å². The van der Waals surface area contributed by atoms with Gasteiger partial charge in [-0.2, -0.15) is 0 Å². The van der Waals surface area contributed by atoms with Crippen LogP contribution in [0.1, 0.15) is 43.0 Å². The van der Waals surface area contributed by atoms with Gasteiger partial charge in [-0.05, 0) is 43.7 Å². The summed E-state index contributed by atoms with van der Waals surface area (Å²) < 4.78 is 0. The van der Waals surface area contributed by atoms with Crippen LogP contribution >= 0.6 is 0 Å².